The summed E-state index contributed by atoms with van der Waals surface area (Å²) in [7, 11) is -3.33. The van der Waals surface area contributed by atoms with Crippen LogP contribution in [0.2, 0.25) is 0 Å². The van der Waals surface area contributed by atoms with Gasteiger partial charge in [0.1, 0.15) is 11.9 Å². The number of sulfonamides is 1. The van der Waals surface area contributed by atoms with E-state index in [4.69, 9.17) is 0 Å². The van der Waals surface area contributed by atoms with E-state index in [0.29, 0.717) is 24.4 Å². The minimum Gasteiger partial charge on any atom is -0.340 e. The number of halogens is 1. The van der Waals surface area contributed by atoms with Crippen molar-refractivity contribution >= 4 is 21.8 Å². The Balaban J connectivity index is 1.24. The highest BCUT2D eigenvalue weighted by Crippen LogP contribution is 2.40. The molecule has 0 spiro atoms. The highest BCUT2D eigenvalue weighted by atomic mass is 32.2. The number of nitrogens with one attached hydrogen (secondary N) is 2. The SMILES string of the molecule is CS(=O)(=O)N1CCN(C(=O)[C@H](CCN[C@@H]2C[C@H]2c2ccc(F)cc2)NC(=O)c2cccc(-c3ccccc3)c2)CC1. The Morgan fingerprint density at radius 1 is 0.927 bits per heavy atom. The van der Waals surface area contributed by atoms with Crippen LogP contribution in [0.1, 0.15) is 34.7 Å². The van der Waals surface area contributed by atoms with Gasteiger partial charge in [0.25, 0.3) is 5.91 Å². The maximum atomic E-state index is 13.6. The molecule has 216 valence electrons. The summed E-state index contributed by atoms with van der Waals surface area (Å²) in [5.74, 6) is -0.531. The zero-order chi connectivity index (χ0) is 29.0. The second kappa shape index (κ2) is 12.5. The summed E-state index contributed by atoms with van der Waals surface area (Å²) >= 11 is 0. The zero-order valence-corrected chi connectivity index (χ0v) is 23.8. The Bertz CT molecular complexity index is 1480. The van der Waals surface area contributed by atoms with Crippen molar-refractivity contribution in [2.45, 2.75) is 30.8 Å². The molecule has 0 unspecified atom stereocenters. The number of benzene rings is 3. The second-order valence-corrected chi connectivity index (χ2v) is 12.7. The van der Waals surface area contributed by atoms with Crippen LogP contribution in [0.5, 0.6) is 0 Å². The van der Waals surface area contributed by atoms with Crippen molar-refractivity contribution in [2.75, 3.05) is 39.0 Å². The van der Waals surface area contributed by atoms with Gasteiger partial charge in [-0.1, -0.05) is 54.6 Å². The van der Waals surface area contributed by atoms with E-state index in [-0.39, 0.29) is 49.9 Å². The highest BCUT2D eigenvalue weighted by molar-refractivity contribution is 7.88. The van der Waals surface area contributed by atoms with Gasteiger partial charge in [-0.3, -0.25) is 9.59 Å². The molecule has 0 bridgehead atoms. The second-order valence-electron chi connectivity index (χ2n) is 10.7. The highest BCUT2D eigenvalue weighted by Gasteiger charge is 2.38. The topological polar surface area (TPSA) is 98.8 Å². The lowest BCUT2D eigenvalue weighted by molar-refractivity contribution is -0.134. The summed E-state index contributed by atoms with van der Waals surface area (Å²) in [6, 6.07) is 23.0. The summed E-state index contributed by atoms with van der Waals surface area (Å²) in [6.45, 7) is 1.50. The number of amides is 2. The molecule has 3 aromatic carbocycles. The molecule has 1 aliphatic carbocycles. The van der Waals surface area contributed by atoms with E-state index < -0.39 is 16.1 Å². The Kier molecular flexibility index (Phi) is 8.82. The average Bonchev–Trinajstić information content (AvgIpc) is 3.76. The van der Waals surface area contributed by atoms with Crippen molar-refractivity contribution < 1.29 is 22.4 Å². The molecule has 2 amide bonds. The molecule has 0 radical (unpaired) electrons. The predicted octanol–water partition coefficient (Wildman–Crippen LogP) is 3.23. The maximum Gasteiger partial charge on any atom is 0.251 e. The van der Waals surface area contributed by atoms with E-state index in [9.17, 15) is 22.4 Å². The zero-order valence-electron chi connectivity index (χ0n) is 23.0. The van der Waals surface area contributed by atoms with Crippen LogP contribution >= 0.6 is 0 Å². The smallest absolute Gasteiger partial charge is 0.251 e. The van der Waals surface area contributed by atoms with Gasteiger partial charge >= 0.3 is 0 Å². The minimum absolute atomic E-state index is 0.224. The number of rotatable bonds is 10. The van der Waals surface area contributed by atoms with Gasteiger partial charge in [0.15, 0.2) is 0 Å². The lowest BCUT2D eigenvalue weighted by Gasteiger charge is -2.35. The van der Waals surface area contributed by atoms with Crippen molar-refractivity contribution in [3.05, 3.63) is 95.8 Å². The van der Waals surface area contributed by atoms with E-state index >= 15 is 0 Å². The third-order valence-corrected chi connectivity index (χ3v) is 9.09. The van der Waals surface area contributed by atoms with E-state index in [0.717, 1.165) is 23.1 Å². The molecule has 5 rings (SSSR count). The average molecular weight is 579 g/mol. The predicted molar refractivity (Wildman–Crippen MR) is 156 cm³/mol. The number of nitrogens with zero attached hydrogens (tertiary/aromatic N) is 2. The number of hydrogen-bond donors (Lipinski definition) is 2. The normalized spacial score (nSPS) is 19.9. The summed E-state index contributed by atoms with van der Waals surface area (Å²) in [4.78, 5) is 28.6. The van der Waals surface area contributed by atoms with Crippen molar-refractivity contribution in [1.29, 1.82) is 0 Å². The number of piperazine rings is 1. The molecule has 0 aromatic heterocycles. The monoisotopic (exact) mass is 578 g/mol. The molecule has 1 saturated heterocycles. The van der Waals surface area contributed by atoms with E-state index in [1.807, 2.05) is 48.5 Å². The molecule has 8 nitrogen and oxygen atoms in total. The van der Waals surface area contributed by atoms with Crippen LogP contribution in [0.3, 0.4) is 0 Å². The fourth-order valence-corrected chi connectivity index (χ4v) is 6.17. The van der Waals surface area contributed by atoms with Gasteiger partial charge in [-0.05, 0) is 60.3 Å². The largest absolute Gasteiger partial charge is 0.340 e. The molecule has 1 saturated carbocycles. The summed E-state index contributed by atoms with van der Waals surface area (Å²) in [5, 5.41) is 6.43. The van der Waals surface area contributed by atoms with Crippen molar-refractivity contribution in [2.24, 2.45) is 0 Å². The van der Waals surface area contributed by atoms with Gasteiger partial charge in [0.2, 0.25) is 15.9 Å². The Morgan fingerprint density at radius 2 is 1.61 bits per heavy atom. The molecule has 3 atom stereocenters. The van der Waals surface area contributed by atoms with Crippen LogP contribution < -0.4 is 10.6 Å². The van der Waals surface area contributed by atoms with Crippen LogP contribution in [0.4, 0.5) is 4.39 Å². The van der Waals surface area contributed by atoms with Crippen LogP contribution in [0.15, 0.2) is 78.9 Å². The number of carbonyl (C=O) groups is 2. The molecule has 41 heavy (non-hydrogen) atoms. The van der Waals surface area contributed by atoms with Crippen molar-refractivity contribution in [1.82, 2.24) is 19.8 Å². The first kappa shape index (κ1) is 28.9. The summed E-state index contributed by atoms with van der Waals surface area (Å²) in [6.07, 6.45) is 2.47. The molecule has 1 heterocycles. The molecule has 2 N–H and O–H groups in total. The van der Waals surface area contributed by atoms with Crippen molar-refractivity contribution in [3.63, 3.8) is 0 Å². The molecular weight excluding hydrogens is 543 g/mol. The third kappa shape index (κ3) is 7.38. The molecule has 10 heteroatoms. The van der Waals surface area contributed by atoms with E-state index in [1.165, 1.54) is 22.7 Å². The van der Waals surface area contributed by atoms with Crippen LogP contribution in [-0.4, -0.2) is 80.5 Å². The summed E-state index contributed by atoms with van der Waals surface area (Å²) in [5.41, 5.74) is 3.42. The van der Waals surface area contributed by atoms with E-state index in [2.05, 4.69) is 10.6 Å². The van der Waals surface area contributed by atoms with Gasteiger partial charge < -0.3 is 15.5 Å². The molecular formula is C31H35FN4O4S. The van der Waals surface area contributed by atoms with Crippen LogP contribution in [0, 0.1) is 5.82 Å². The lowest BCUT2D eigenvalue weighted by atomic mass is 10.0. The Hall–Kier alpha value is -3.60. The van der Waals surface area contributed by atoms with Gasteiger partial charge in [0.05, 0.1) is 6.26 Å². The summed E-state index contributed by atoms with van der Waals surface area (Å²) < 4.78 is 38.5. The fourth-order valence-electron chi connectivity index (χ4n) is 5.34. The van der Waals surface area contributed by atoms with Crippen LogP contribution in [-0.2, 0) is 14.8 Å². The van der Waals surface area contributed by atoms with Gasteiger partial charge in [-0.25, -0.2) is 12.8 Å². The third-order valence-electron chi connectivity index (χ3n) is 7.78. The molecule has 3 aromatic rings. The molecule has 2 aliphatic rings. The lowest BCUT2D eigenvalue weighted by Crippen LogP contribution is -2.56. The molecule has 1 aliphatic heterocycles. The first-order valence-corrected chi connectivity index (χ1v) is 15.7. The minimum atomic E-state index is -3.33. The maximum absolute atomic E-state index is 13.6. The number of hydrogen-bond acceptors (Lipinski definition) is 5. The standard InChI is InChI=1S/C31H35FN4O4S/c1-41(39,40)36-18-16-35(17-19-36)31(38)28(14-15-33-29-21-27(29)23-10-12-26(32)13-11-23)34-30(37)25-9-5-8-24(20-25)22-6-3-2-4-7-22/h2-13,20,27-29,33H,14-19,21H2,1H3,(H,34,37)/t27-,28-,29+/m0/s1. The van der Waals surface area contributed by atoms with Gasteiger partial charge in [-0.15, -0.1) is 0 Å². The number of carbonyl (C=O) groups excluding carboxylic acids is 2. The van der Waals surface area contributed by atoms with Crippen molar-refractivity contribution in [3.8, 4) is 11.1 Å². The first-order chi connectivity index (χ1) is 19.7. The fraction of sp³-hybridized carbons (Fsp3) is 0.355. The van der Waals surface area contributed by atoms with E-state index in [1.54, 1.807) is 23.1 Å². The Morgan fingerprint density at radius 3 is 2.29 bits per heavy atom. The van der Waals surface area contributed by atoms with Crippen LogP contribution in [0.25, 0.3) is 11.1 Å². The Labute approximate surface area is 240 Å². The van der Waals surface area contributed by atoms with Gasteiger partial charge in [-0.2, -0.15) is 4.31 Å². The van der Waals surface area contributed by atoms with Gasteiger partial charge in [0, 0.05) is 43.7 Å². The quantitative estimate of drug-likeness (QED) is 0.385. The molecule has 2 fully saturated rings. The first-order valence-electron chi connectivity index (χ1n) is 13.9.